The van der Waals surface area contributed by atoms with Crippen molar-refractivity contribution in [1.29, 1.82) is 0 Å². The van der Waals surface area contributed by atoms with Gasteiger partial charge in [-0.25, -0.2) is 9.97 Å². The van der Waals surface area contributed by atoms with Crippen LogP contribution in [0.5, 0.6) is 6.01 Å². The smallest absolute Gasteiger partial charge is 0.316 e. The molecule has 0 fully saturated rings. The SMILES string of the molecule is COc1ncc(-c2cc(Cl)cc3c(C)c4n(c23)CCNC4=O)cn1. The molecular weight excluding hydrogens is 328 g/mol. The van der Waals surface area contributed by atoms with Crippen molar-refractivity contribution in [3.05, 3.63) is 40.8 Å². The number of ether oxygens (including phenoxy) is 1. The number of hydrogen-bond donors (Lipinski definition) is 1. The average molecular weight is 343 g/mol. The van der Waals surface area contributed by atoms with Gasteiger partial charge in [-0.3, -0.25) is 4.79 Å². The van der Waals surface area contributed by atoms with Crippen LogP contribution < -0.4 is 10.1 Å². The number of halogens is 1. The number of rotatable bonds is 2. The second-order valence-corrected chi connectivity index (χ2v) is 6.13. The quantitative estimate of drug-likeness (QED) is 0.777. The molecule has 0 bridgehead atoms. The molecule has 3 aromatic rings. The molecule has 1 aliphatic heterocycles. The fourth-order valence-corrected chi connectivity index (χ4v) is 3.50. The van der Waals surface area contributed by atoms with Gasteiger partial charge in [-0.1, -0.05) is 11.6 Å². The van der Waals surface area contributed by atoms with Crippen molar-refractivity contribution in [2.45, 2.75) is 13.5 Å². The lowest BCUT2D eigenvalue weighted by molar-refractivity contribution is 0.0928. The molecule has 0 atom stereocenters. The van der Waals surface area contributed by atoms with Gasteiger partial charge in [0.2, 0.25) is 0 Å². The van der Waals surface area contributed by atoms with Gasteiger partial charge in [0.15, 0.2) is 0 Å². The Morgan fingerprint density at radius 2 is 2.04 bits per heavy atom. The number of hydrogen-bond acceptors (Lipinski definition) is 4. The minimum atomic E-state index is -0.0528. The van der Waals surface area contributed by atoms with Gasteiger partial charge in [0.05, 0.1) is 12.6 Å². The van der Waals surface area contributed by atoms with Gasteiger partial charge < -0.3 is 14.6 Å². The molecule has 24 heavy (non-hydrogen) atoms. The van der Waals surface area contributed by atoms with Crippen LogP contribution in [0, 0.1) is 6.92 Å². The van der Waals surface area contributed by atoms with Crippen LogP contribution in [0.4, 0.5) is 0 Å². The maximum atomic E-state index is 12.3. The lowest BCUT2D eigenvalue weighted by Gasteiger charge is -2.18. The van der Waals surface area contributed by atoms with Gasteiger partial charge >= 0.3 is 6.01 Å². The zero-order valence-corrected chi connectivity index (χ0v) is 14.0. The zero-order valence-electron chi connectivity index (χ0n) is 13.3. The van der Waals surface area contributed by atoms with E-state index >= 15 is 0 Å². The third-order valence-corrected chi connectivity index (χ3v) is 4.55. The molecule has 6 nitrogen and oxygen atoms in total. The predicted molar refractivity (Wildman–Crippen MR) is 91.6 cm³/mol. The minimum Gasteiger partial charge on any atom is -0.467 e. The number of amides is 1. The zero-order chi connectivity index (χ0) is 16.8. The third-order valence-electron chi connectivity index (χ3n) is 4.33. The van der Waals surface area contributed by atoms with Crippen LogP contribution in [0.2, 0.25) is 5.02 Å². The second-order valence-electron chi connectivity index (χ2n) is 5.69. The molecule has 1 aliphatic rings. The molecule has 1 N–H and O–H groups in total. The van der Waals surface area contributed by atoms with E-state index in [-0.39, 0.29) is 5.91 Å². The highest BCUT2D eigenvalue weighted by molar-refractivity contribution is 6.32. The molecular formula is C17H15ClN4O2. The molecule has 0 saturated heterocycles. The summed E-state index contributed by atoms with van der Waals surface area (Å²) in [6.07, 6.45) is 3.41. The van der Waals surface area contributed by atoms with Crippen LogP contribution in [-0.4, -0.2) is 34.1 Å². The number of benzene rings is 1. The minimum absolute atomic E-state index is 0.0528. The number of aryl methyl sites for hydroxylation is 1. The maximum Gasteiger partial charge on any atom is 0.316 e. The van der Waals surface area contributed by atoms with Crippen LogP contribution >= 0.6 is 11.6 Å². The first-order chi connectivity index (χ1) is 11.6. The maximum absolute atomic E-state index is 12.3. The Morgan fingerprint density at radius 1 is 1.29 bits per heavy atom. The molecule has 122 valence electrons. The van der Waals surface area contributed by atoms with Crippen molar-refractivity contribution in [3.63, 3.8) is 0 Å². The summed E-state index contributed by atoms with van der Waals surface area (Å²) >= 11 is 6.33. The molecule has 7 heteroatoms. The number of nitrogens with zero attached hydrogens (tertiary/aromatic N) is 3. The van der Waals surface area contributed by atoms with Crippen LogP contribution in [0.15, 0.2) is 24.5 Å². The second kappa shape index (κ2) is 5.49. The standard InChI is InChI=1S/C17H15ClN4O2/c1-9-12-5-11(18)6-13(10-7-20-17(24-2)21-8-10)15(12)22-4-3-19-16(23)14(9)22/h5-8H,3-4H2,1-2H3,(H,19,23). The third kappa shape index (κ3) is 2.14. The predicted octanol–water partition coefficient (Wildman–Crippen LogP) is 2.81. The summed E-state index contributed by atoms with van der Waals surface area (Å²) in [5.74, 6) is -0.0528. The summed E-state index contributed by atoms with van der Waals surface area (Å²) in [6, 6.07) is 4.09. The number of methoxy groups -OCH3 is 1. The fourth-order valence-electron chi connectivity index (χ4n) is 3.28. The number of nitrogens with one attached hydrogen (secondary N) is 1. The monoisotopic (exact) mass is 342 g/mol. The Labute approximate surface area is 143 Å². The largest absolute Gasteiger partial charge is 0.467 e. The van der Waals surface area contributed by atoms with Gasteiger partial charge in [0, 0.05) is 47.0 Å². The lowest BCUT2D eigenvalue weighted by Crippen LogP contribution is -2.35. The van der Waals surface area contributed by atoms with E-state index in [0.717, 1.165) is 34.1 Å². The first-order valence-corrected chi connectivity index (χ1v) is 7.95. The highest BCUT2D eigenvalue weighted by atomic mass is 35.5. The van der Waals surface area contributed by atoms with E-state index in [2.05, 4.69) is 19.9 Å². The molecule has 3 heterocycles. The van der Waals surface area contributed by atoms with E-state index in [1.54, 1.807) is 12.4 Å². The molecule has 4 rings (SSSR count). The Kier molecular flexibility index (Phi) is 3.42. The fraction of sp³-hybridized carbons (Fsp3) is 0.235. The molecule has 0 saturated carbocycles. The molecule has 1 amide bonds. The Bertz CT molecular complexity index is 963. The molecule has 2 aromatic heterocycles. The highest BCUT2D eigenvalue weighted by Crippen LogP contribution is 2.37. The van der Waals surface area contributed by atoms with Crippen LogP contribution in [0.25, 0.3) is 22.0 Å². The summed E-state index contributed by atoms with van der Waals surface area (Å²) in [4.78, 5) is 20.6. The molecule has 0 radical (unpaired) electrons. The van der Waals surface area contributed by atoms with Gasteiger partial charge in [0.25, 0.3) is 5.91 Å². The van der Waals surface area contributed by atoms with Gasteiger partial charge in [-0.05, 0) is 24.6 Å². The number of carbonyl (C=O) groups excluding carboxylic acids is 1. The molecule has 1 aromatic carbocycles. The molecule has 0 aliphatic carbocycles. The first-order valence-electron chi connectivity index (χ1n) is 7.57. The van der Waals surface area contributed by atoms with Crippen molar-refractivity contribution in [3.8, 4) is 17.1 Å². The summed E-state index contributed by atoms with van der Waals surface area (Å²) in [5.41, 5.74) is 4.34. The van der Waals surface area contributed by atoms with E-state index in [4.69, 9.17) is 16.3 Å². The summed E-state index contributed by atoms with van der Waals surface area (Å²) in [6.45, 7) is 3.27. The van der Waals surface area contributed by atoms with Crippen molar-refractivity contribution in [2.75, 3.05) is 13.7 Å². The van der Waals surface area contributed by atoms with Crippen LogP contribution in [0.1, 0.15) is 16.1 Å². The van der Waals surface area contributed by atoms with E-state index in [0.29, 0.717) is 23.3 Å². The summed E-state index contributed by atoms with van der Waals surface area (Å²) in [5, 5.41) is 4.48. The van der Waals surface area contributed by atoms with Gasteiger partial charge in [-0.2, -0.15) is 0 Å². The summed E-state index contributed by atoms with van der Waals surface area (Å²) < 4.78 is 7.07. The normalized spacial score (nSPS) is 13.7. The molecule has 0 spiro atoms. The van der Waals surface area contributed by atoms with E-state index in [1.165, 1.54) is 7.11 Å². The number of carbonyl (C=O) groups is 1. The summed E-state index contributed by atoms with van der Waals surface area (Å²) in [7, 11) is 1.53. The first kappa shape index (κ1) is 15.0. The van der Waals surface area contributed by atoms with E-state index in [1.807, 2.05) is 19.1 Å². The van der Waals surface area contributed by atoms with Crippen LogP contribution in [0.3, 0.4) is 0 Å². The Morgan fingerprint density at radius 3 is 2.75 bits per heavy atom. The van der Waals surface area contributed by atoms with Crippen LogP contribution in [-0.2, 0) is 6.54 Å². The van der Waals surface area contributed by atoms with Crippen molar-refractivity contribution < 1.29 is 9.53 Å². The molecule has 0 unspecified atom stereocenters. The van der Waals surface area contributed by atoms with Crippen molar-refractivity contribution >= 4 is 28.4 Å². The van der Waals surface area contributed by atoms with Crippen molar-refractivity contribution in [1.82, 2.24) is 19.9 Å². The van der Waals surface area contributed by atoms with E-state index in [9.17, 15) is 4.79 Å². The topological polar surface area (TPSA) is 69.0 Å². The van der Waals surface area contributed by atoms with Gasteiger partial charge in [-0.15, -0.1) is 0 Å². The lowest BCUT2D eigenvalue weighted by atomic mass is 10.0. The number of aromatic nitrogens is 3. The Balaban J connectivity index is 2.04. The van der Waals surface area contributed by atoms with Gasteiger partial charge in [0.1, 0.15) is 5.69 Å². The highest BCUT2D eigenvalue weighted by Gasteiger charge is 2.25. The average Bonchev–Trinajstić information content (AvgIpc) is 2.88. The number of fused-ring (bicyclic) bond motifs is 3. The Hall–Kier alpha value is -2.60. The van der Waals surface area contributed by atoms with E-state index < -0.39 is 0 Å². The van der Waals surface area contributed by atoms with Crippen molar-refractivity contribution in [2.24, 2.45) is 0 Å².